The minimum Gasteiger partial charge on any atom is -0.295 e. The van der Waals surface area contributed by atoms with E-state index in [2.05, 4.69) is 15.7 Å². The molecular weight excluding hydrogens is 168 g/mol. The quantitative estimate of drug-likeness (QED) is 0.330. The Morgan fingerprint density at radius 2 is 2.23 bits per heavy atom. The molecule has 13 heavy (non-hydrogen) atoms. The van der Waals surface area contributed by atoms with Gasteiger partial charge in [0, 0.05) is 0 Å². The Morgan fingerprint density at radius 1 is 1.46 bits per heavy atom. The van der Waals surface area contributed by atoms with Crippen molar-refractivity contribution in [3.8, 4) is 0 Å². The predicted octanol–water partition coefficient (Wildman–Crippen LogP) is -0.954. The molecule has 1 aliphatic carbocycles. The minimum atomic E-state index is -0.193. The zero-order valence-electron chi connectivity index (χ0n) is 6.90. The standard InChI is InChI=1S/C8H10N4O/c9-12-8-10-6-4-2-1-3-5(6)7(13)11-8/h1-6H,9H2,(H2,10,11,12,13). The van der Waals surface area contributed by atoms with Gasteiger partial charge in [-0.15, -0.1) is 0 Å². The van der Waals surface area contributed by atoms with Gasteiger partial charge in [0.05, 0.1) is 12.0 Å². The van der Waals surface area contributed by atoms with E-state index >= 15 is 0 Å². The lowest BCUT2D eigenvalue weighted by Gasteiger charge is -2.25. The maximum absolute atomic E-state index is 11.4. The number of amides is 1. The number of carbonyl (C=O) groups excluding carboxylic acids is 1. The molecule has 1 aliphatic heterocycles. The summed E-state index contributed by atoms with van der Waals surface area (Å²) in [5.74, 6) is 5.21. The number of carbonyl (C=O) groups is 1. The van der Waals surface area contributed by atoms with Crippen molar-refractivity contribution in [3.63, 3.8) is 0 Å². The Labute approximate surface area is 75.4 Å². The Kier molecular flexibility index (Phi) is 1.86. The van der Waals surface area contributed by atoms with Gasteiger partial charge in [0.25, 0.3) is 0 Å². The van der Waals surface area contributed by atoms with Crippen LogP contribution in [0.25, 0.3) is 0 Å². The third-order valence-electron chi connectivity index (χ3n) is 2.07. The molecule has 5 heteroatoms. The number of hydrazine groups is 1. The highest BCUT2D eigenvalue weighted by molar-refractivity contribution is 6.01. The average Bonchev–Trinajstić information content (AvgIpc) is 2.18. The smallest absolute Gasteiger partial charge is 0.236 e. The van der Waals surface area contributed by atoms with Crippen molar-refractivity contribution in [3.05, 3.63) is 24.3 Å². The fraction of sp³-hybridized carbons (Fsp3) is 0.250. The molecule has 0 bridgehead atoms. The lowest BCUT2D eigenvalue weighted by Crippen LogP contribution is -2.52. The number of nitrogens with two attached hydrogens (primary N) is 1. The van der Waals surface area contributed by atoms with Crippen LogP contribution in [0.2, 0.25) is 0 Å². The number of aliphatic imine (C=N–C) groups is 1. The van der Waals surface area contributed by atoms with E-state index in [-0.39, 0.29) is 17.9 Å². The van der Waals surface area contributed by atoms with Crippen LogP contribution in [0.1, 0.15) is 0 Å². The van der Waals surface area contributed by atoms with Gasteiger partial charge in [-0.05, 0) is 0 Å². The molecule has 4 N–H and O–H groups in total. The topological polar surface area (TPSA) is 79.5 Å². The number of allylic oxidation sites excluding steroid dienone is 2. The van der Waals surface area contributed by atoms with Gasteiger partial charge in [-0.1, -0.05) is 24.3 Å². The summed E-state index contributed by atoms with van der Waals surface area (Å²) in [6, 6.07) is -0.121. The molecule has 0 fully saturated rings. The summed E-state index contributed by atoms with van der Waals surface area (Å²) in [5.41, 5.74) is 2.33. The summed E-state index contributed by atoms with van der Waals surface area (Å²) in [6.07, 6.45) is 7.42. The molecule has 0 aromatic heterocycles. The maximum atomic E-state index is 11.4. The van der Waals surface area contributed by atoms with Crippen LogP contribution in [0.3, 0.4) is 0 Å². The van der Waals surface area contributed by atoms with Crippen LogP contribution in [0, 0.1) is 5.92 Å². The Bertz CT molecular complexity index is 318. The van der Waals surface area contributed by atoms with Crippen molar-refractivity contribution in [1.82, 2.24) is 10.7 Å². The van der Waals surface area contributed by atoms with Crippen molar-refractivity contribution in [1.29, 1.82) is 0 Å². The number of nitrogens with zero attached hydrogens (tertiary/aromatic N) is 1. The first kappa shape index (κ1) is 8.00. The molecule has 0 aromatic carbocycles. The van der Waals surface area contributed by atoms with Crippen LogP contribution in [-0.4, -0.2) is 17.9 Å². The summed E-state index contributed by atoms with van der Waals surface area (Å²) >= 11 is 0. The van der Waals surface area contributed by atoms with E-state index in [0.29, 0.717) is 5.96 Å². The van der Waals surface area contributed by atoms with Gasteiger partial charge in [0.15, 0.2) is 0 Å². The Morgan fingerprint density at radius 3 is 3.00 bits per heavy atom. The number of hydrogen-bond donors (Lipinski definition) is 3. The van der Waals surface area contributed by atoms with E-state index in [1.165, 1.54) is 0 Å². The maximum Gasteiger partial charge on any atom is 0.236 e. The average molecular weight is 178 g/mol. The number of nitrogens with one attached hydrogen (secondary N) is 2. The lowest BCUT2D eigenvalue weighted by atomic mass is 9.94. The summed E-state index contributed by atoms with van der Waals surface area (Å²) < 4.78 is 0. The Hall–Kier alpha value is -1.62. The van der Waals surface area contributed by atoms with Crippen molar-refractivity contribution >= 4 is 11.9 Å². The van der Waals surface area contributed by atoms with Gasteiger partial charge in [-0.25, -0.2) is 10.8 Å². The Balaban J connectivity index is 2.29. The van der Waals surface area contributed by atoms with Crippen LogP contribution in [-0.2, 0) is 4.79 Å². The van der Waals surface area contributed by atoms with E-state index in [1.54, 1.807) is 0 Å². The molecule has 2 atom stereocenters. The van der Waals surface area contributed by atoms with Gasteiger partial charge in [0.2, 0.25) is 11.9 Å². The van der Waals surface area contributed by atoms with Crippen LogP contribution >= 0.6 is 0 Å². The molecule has 5 nitrogen and oxygen atoms in total. The van der Waals surface area contributed by atoms with Gasteiger partial charge in [0.1, 0.15) is 0 Å². The van der Waals surface area contributed by atoms with Gasteiger partial charge in [-0.2, -0.15) is 0 Å². The van der Waals surface area contributed by atoms with Crippen LogP contribution in [0.15, 0.2) is 29.3 Å². The second-order valence-electron chi connectivity index (χ2n) is 2.90. The second-order valence-corrected chi connectivity index (χ2v) is 2.90. The number of guanidine groups is 1. The molecule has 1 heterocycles. The highest BCUT2D eigenvalue weighted by atomic mass is 16.2. The largest absolute Gasteiger partial charge is 0.295 e. The zero-order chi connectivity index (χ0) is 9.26. The highest BCUT2D eigenvalue weighted by Gasteiger charge is 2.30. The number of fused-ring (bicyclic) bond motifs is 1. The van der Waals surface area contributed by atoms with Crippen LogP contribution in [0.5, 0.6) is 0 Å². The van der Waals surface area contributed by atoms with Gasteiger partial charge < -0.3 is 0 Å². The minimum absolute atomic E-state index is 0.0754. The molecule has 2 rings (SSSR count). The first-order valence-electron chi connectivity index (χ1n) is 4.01. The highest BCUT2D eigenvalue weighted by Crippen LogP contribution is 2.18. The molecule has 0 spiro atoms. The van der Waals surface area contributed by atoms with Crippen LogP contribution in [0.4, 0.5) is 0 Å². The molecule has 0 radical (unpaired) electrons. The molecule has 0 aromatic rings. The predicted molar refractivity (Wildman–Crippen MR) is 48.5 cm³/mol. The van der Waals surface area contributed by atoms with E-state index in [0.717, 1.165) is 0 Å². The van der Waals surface area contributed by atoms with Crippen molar-refractivity contribution in [2.24, 2.45) is 16.8 Å². The van der Waals surface area contributed by atoms with Gasteiger partial charge in [-0.3, -0.25) is 15.5 Å². The molecule has 0 saturated carbocycles. The number of rotatable bonds is 0. The van der Waals surface area contributed by atoms with Crippen molar-refractivity contribution in [2.75, 3.05) is 0 Å². The van der Waals surface area contributed by atoms with E-state index in [1.807, 2.05) is 24.3 Å². The SMILES string of the molecule is NNC1=NC2C=CC=CC2C(=O)N1. The molecule has 0 saturated heterocycles. The second kappa shape index (κ2) is 3.02. The van der Waals surface area contributed by atoms with Crippen molar-refractivity contribution < 1.29 is 4.79 Å². The molecule has 68 valence electrons. The van der Waals surface area contributed by atoms with Gasteiger partial charge >= 0.3 is 0 Å². The third-order valence-corrected chi connectivity index (χ3v) is 2.07. The first-order valence-corrected chi connectivity index (χ1v) is 4.01. The fourth-order valence-corrected chi connectivity index (χ4v) is 1.42. The normalized spacial score (nSPS) is 30.5. The van der Waals surface area contributed by atoms with Crippen molar-refractivity contribution in [2.45, 2.75) is 6.04 Å². The molecule has 1 amide bonds. The molecule has 2 unspecified atom stereocenters. The zero-order valence-corrected chi connectivity index (χ0v) is 6.90. The third kappa shape index (κ3) is 1.33. The molecule has 2 aliphatic rings. The number of hydrogen-bond acceptors (Lipinski definition) is 4. The lowest BCUT2D eigenvalue weighted by molar-refractivity contribution is -0.122. The first-order chi connectivity index (χ1) is 6.31. The van der Waals surface area contributed by atoms with E-state index in [9.17, 15) is 4.79 Å². The monoisotopic (exact) mass is 178 g/mol. The fourth-order valence-electron chi connectivity index (χ4n) is 1.42. The van der Waals surface area contributed by atoms with Crippen LogP contribution < -0.4 is 16.6 Å². The summed E-state index contributed by atoms with van der Waals surface area (Å²) in [5, 5.41) is 2.56. The van der Waals surface area contributed by atoms with E-state index < -0.39 is 0 Å². The summed E-state index contributed by atoms with van der Waals surface area (Å²) in [6.45, 7) is 0. The van der Waals surface area contributed by atoms with E-state index in [4.69, 9.17) is 5.84 Å². The molecular formula is C8H10N4O. The summed E-state index contributed by atoms with van der Waals surface area (Å²) in [7, 11) is 0. The summed E-state index contributed by atoms with van der Waals surface area (Å²) in [4.78, 5) is 15.6.